The maximum absolute atomic E-state index is 6.55. The Labute approximate surface area is 167 Å². The van der Waals surface area contributed by atoms with Gasteiger partial charge < -0.3 is 9.64 Å². The van der Waals surface area contributed by atoms with Gasteiger partial charge in [-0.15, -0.1) is 23.7 Å². The van der Waals surface area contributed by atoms with Crippen molar-refractivity contribution in [3.8, 4) is 5.75 Å². The zero-order valence-corrected chi connectivity index (χ0v) is 17.5. The number of fused-ring (bicyclic) bond motifs is 2. The number of ether oxygens (including phenoxy) is 1. The van der Waals surface area contributed by atoms with Gasteiger partial charge in [-0.25, -0.2) is 0 Å². The summed E-state index contributed by atoms with van der Waals surface area (Å²) in [6.07, 6.45) is 1.14. The van der Waals surface area contributed by atoms with Crippen LogP contribution in [0.3, 0.4) is 0 Å². The molecule has 1 aliphatic heterocycles. The van der Waals surface area contributed by atoms with Crippen molar-refractivity contribution >= 4 is 50.4 Å². The van der Waals surface area contributed by atoms with Crippen molar-refractivity contribution < 1.29 is 4.74 Å². The second-order valence-electron chi connectivity index (χ2n) is 6.46. The van der Waals surface area contributed by atoms with Crippen LogP contribution in [0.25, 0.3) is 10.8 Å². The van der Waals surface area contributed by atoms with Crippen LogP contribution in [0.5, 0.6) is 5.75 Å². The van der Waals surface area contributed by atoms with Gasteiger partial charge in [-0.2, -0.15) is 0 Å². The Morgan fingerprint density at radius 2 is 1.92 bits per heavy atom. The second-order valence-corrected chi connectivity index (χ2v) is 8.65. The van der Waals surface area contributed by atoms with Gasteiger partial charge in [-0.3, -0.25) is 0 Å². The van der Waals surface area contributed by atoms with Gasteiger partial charge in [-0.05, 0) is 37.6 Å². The summed E-state index contributed by atoms with van der Waals surface area (Å²) in [6, 6.07) is 14.9. The molecule has 1 aromatic heterocycles. The monoisotopic (exact) mass is 437 g/mol. The molecule has 2 heterocycles. The van der Waals surface area contributed by atoms with Gasteiger partial charge in [0.2, 0.25) is 0 Å². The molecule has 4 rings (SSSR count). The second kappa shape index (κ2) is 7.67. The molecule has 1 unspecified atom stereocenters. The Balaban J connectivity index is 0.00000182. The molecule has 0 spiro atoms. The van der Waals surface area contributed by atoms with E-state index in [1.54, 1.807) is 0 Å². The predicted molar refractivity (Wildman–Crippen MR) is 112 cm³/mol. The molecule has 25 heavy (non-hydrogen) atoms. The van der Waals surface area contributed by atoms with E-state index in [9.17, 15) is 0 Å². The van der Waals surface area contributed by atoms with Gasteiger partial charge in [0.1, 0.15) is 11.9 Å². The number of halogens is 2. The largest absolute Gasteiger partial charge is 0.485 e. The molecule has 1 aliphatic rings. The summed E-state index contributed by atoms with van der Waals surface area (Å²) in [5.74, 6) is 0.971. The molecule has 5 heteroatoms. The molecule has 0 bridgehead atoms. The number of benzene rings is 2. The van der Waals surface area contributed by atoms with E-state index in [0.29, 0.717) is 0 Å². The Bertz CT molecular complexity index is 895. The number of nitrogens with zero attached hydrogens (tertiary/aromatic N) is 1. The summed E-state index contributed by atoms with van der Waals surface area (Å²) >= 11 is 5.54. The Morgan fingerprint density at radius 3 is 2.72 bits per heavy atom. The van der Waals surface area contributed by atoms with E-state index in [-0.39, 0.29) is 18.5 Å². The third kappa shape index (κ3) is 3.72. The van der Waals surface area contributed by atoms with Crippen LogP contribution >= 0.6 is 39.7 Å². The van der Waals surface area contributed by atoms with Crippen LogP contribution in [0.15, 0.2) is 46.9 Å². The number of rotatable bonds is 2. The lowest BCUT2D eigenvalue weighted by Gasteiger charge is -2.20. The molecule has 1 atom stereocenters. The SMILES string of the molecule is Cc1cc2c(s1)CN(C)CCC2Oc1ccc(Br)c2ccccc12.Cl. The molecule has 0 radical (unpaired) electrons. The molecule has 0 saturated heterocycles. The van der Waals surface area contributed by atoms with E-state index in [0.717, 1.165) is 35.1 Å². The summed E-state index contributed by atoms with van der Waals surface area (Å²) in [6.45, 7) is 4.26. The highest BCUT2D eigenvalue weighted by atomic mass is 79.9. The predicted octanol–water partition coefficient (Wildman–Crippen LogP) is 6.35. The maximum Gasteiger partial charge on any atom is 0.128 e. The van der Waals surface area contributed by atoms with Crippen LogP contribution in [-0.2, 0) is 6.54 Å². The van der Waals surface area contributed by atoms with Gasteiger partial charge in [0, 0.05) is 44.7 Å². The molecule has 0 aliphatic carbocycles. The highest BCUT2D eigenvalue weighted by molar-refractivity contribution is 9.10. The van der Waals surface area contributed by atoms with E-state index in [4.69, 9.17) is 4.74 Å². The number of aryl methyl sites for hydroxylation is 1. The summed E-state index contributed by atoms with van der Waals surface area (Å²) in [5, 5.41) is 2.36. The molecular weight excluding hydrogens is 418 g/mol. The standard InChI is InChI=1S/C20H20BrNOS.ClH/c1-13-11-16-19(9-10-22(2)12-20(16)24-13)23-18-8-7-17(21)14-5-3-4-6-15(14)18;/h3-8,11,19H,9-10,12H2,1-2H3;1H. The lowest BCUT2D eigenvalue weighted by atomic mass is 10.1. The number of thiophene rings is 1. The van der Waals surface area contributed by atoms with Crippen molar-refractivity contribution in [2.75, 3.05) is 13.6 Å². The van der Waals surface area contributed by atoms with E-state index in [1.165, 1.54) is 20.7 Å². The van der Waals surface area contributed by atoms with Crippen molar-refractivity contribution in [3.63, 3.8) is 0 Å². The van der Waals surface area contributed by atoms with Crippen molar-refractivity contribution in [2.45, 2.75) is 26.0 Å². The highest BCUT2D eigenvalue weighted by Crippen LogP contribution is 2.38. The Hall–Kier alpha value is -1.07. The average Bonchev–Trinajstić information content (AvgIpc) is 2.87. The van der Waals surface area contributed by atoms with Crippen LogP contribution in [-0.4, -0.2) is 18.5 Å². The van der Waals surface area contributed by atoms with Crippen LogP contribution < -0.4 is 4.74 Å². The number of hydrogen-bond donors (Lipinski definition) is 0. The van der Waals surface area contributed by atoms with E-state index in [1.807, 2.05) is 11.3 Å². The quantitative estimate of drug-likeness (QED) is 0.462. The van der Waals surface area contributed by atoms with E-state index < -0.39 is 0 Å². The van der Waals surface area contributed by atoms with Crippen LogP contribution in [0.4, 0.5) is 0 Å². The third-order valence-corrected chi connectivity index (χ3v) is 6.34. The lowest BCUT2D eigenvalue weighted by molar-refractivity contribution is 0.185. The topological polar surface area (TPSA) is 12.5 Å². The molecule has 2 aromatic carbocycles. The first-order chi connectivity index (χ1) is 11.6. The average molecular weight is 439 g/mol. The molecule has 3 aromatic rings. The lowest BCUT2D eigenvalue weighted by Crippen LogP contribution is -2.18. The van der Waals surface area contributed by atoms with Gasteiger partial charge in [0.25, 0.3) is 0 Å². The molecule has 0 amide bonds. The van der Waals surface area contributed by atoms with Crippen LogP contribution in [0.2, 0.25) is 0 Å². The van der Waals surface area contributed by atoms with E-state index in [2.05, 4.69) is 77.3 Å². The van der Waals surface area contributed by atoms with Crippen molar-refractivity contribution in [2.24, 2.45) is 0 Å². The van der Waals surface area contributed by atoms with Crippen molar-refractivity contribution in [3.05, 3.63) is 62.3 Å². The van der Waals surface area contributed by atoms with Gasteiger partial charge in [-0.1, -0.05) is 40.2 Å². The van der Waals surface area contributed by atoms with Gasteiger partial charge in [0.15, 0.2) is 0 Å². The number of hydrogen-bond acceptors (Lipinski definition) is 3. The fraction of sp³-hybridized carbons (Fsp3) is 0.300. The fourth-order valence-electron chi connectivity index (χ4n) is 3.41. The van der Waals surface area contributed by atoms with Crippen LogP contribution in [0, 0.1) is 6.92 Å². The molecule has 0 fully saturated rings. The molecule has 2 nitrogen and oxygen atoms in total. The first-order valence-electron chi connectivity index (χ1n) is 8.23. The smallest absolute Gasteiger partial charge is 0.128 e. The molecule has 0 saturated carbocycles. The molecule has 0 N–H and O–H groups in total. The zero-order chi connectivity index (χ0) is 16.7. The summed E-state index contributed by atoms with van der Waals surface area (Å²) < 4.78 is 7.66. The van der Waals surface area contributed by atoms with E-state index >= 15 is 0 Å². The van der Waals surface area contributed by atoms with Crippen molar-refractivity contribution in [1.29, 1.82) is 0 Å². The van der Waals surface area contributed by atoms with Gasteiger partial charge in [0.05, 0.1) is 0 Å². The normalized spacial score (nSPS) is 17.6. The molecule has 132 valence electrons. The Kier molecular flexibility index (Phi) is 5.74. The highest BCUT2D eigenvalue weighted by Gasteiger charge is 2.25. The van der Waals surface area contributed by atoms with Crippen LogP contribution in [0.1, 0.15) is 27.8 Å². The summed E-state index contributed by atoms with van der Waals surface area (Å²) in [5.41, 5.74) is 1.37. The fourth-order valence-corrected chi connectivity index (χ4v) is 5.05. The first-order valence-corrected chi connectivity index (χ1v) is 9.84. The third-order valence-electron chi connectivity index (χ3n) is 4.60. The van der Waals surface area contributed by atoms with Crippen molar-refractivity contribution in [1.82, 2.24) is 4.90 Å². The Morgan fingerprint density at radius 1 is 1.16 bits per heavy atom. The minimum Gasteiger partial charge on any atom is -0.485 e. The molecular formula is C20H21BrClNOS. The van der Waals surface area contributed by atoms with Gasteiger partial charge >= 0.3 is 0 Å². The minimum absolute atomic E-state index is 0. The summed E-state index contributed by atoms with van der Waals surface area (Å²) in [7, 11) is 2.19. The minimum atomic E-state index is 0. The first kappa shape index (κ1) is 18.7. The zero-order valence-electron chi connectivity index (χ0n) is 14.3. The maximum atomic E-state index is 6.55. The summed E-state index contributed by atoms with van der Waals surface area (Å²) in [4.78, 5) is 5.20.